The minimum absolute atomic E-state index is 0.0228. The number of fused-ring (bicyclic) bond motifs is 1. The van der Waals surface area contributed by atoms with Gasteiger partial charge in [-0.25, -0.2) is 13.2 Å². The summed E-state index contributed by atoms with van der Waals surface area (Å²) in [5, 5.41) is 9.30. The molecule has 2 rings (SSSR count). The molecule has 0 saturated heterocycles. The van der Waals surface area contributed by atoms with Crippen LogP contribution >= 0.6 is 0 Å². The van der Waals surface area contributed by atoms with Crippen molar-refractivity contribution in [3.8, 4) is 5.75 Å². The normalized spacial score (nSPS) is 17.8. The number of sulfone groups is 1. The third-order valence-electron chi connectivity index (χ3n) is 2.65. The van der Waals surface area contributed by atoms with Crippen LogP contribution in [0.25, 0.3) is 6.08 Å². The van der Waals surface area contributed by atoms with E-state index >= 15 is 0 Å². The molecular weight excluding hydrogens is 258 g/mol. The van der Waals surface area contributed by atoms with Gasteiger partial charge >= 0.3 is 5.97 Å². The minimum atomic E-state index is -3.79. The van der Waals surface area contributed by atoms with E-state index in [1.165, 1.54) is 24.3 Å². The Labute approximate surface area is 104 Å². The number of aromatic hydroxyl groups is 1. The van der Waals surface area contributed by atoms with Crippen molar-refractivity contribution in [3.63, 3.8) is 0 Å². The molecule has 0 bridgehead atoms. The van der Waals surface area contributed by atoms with Gasteiger partial charge in [-0.05, 0) is 29.8 Å². The topological polar surface area (TPSA) is 107 Å². The predicted octanol–water partition coefficient (Wildman–Crippen LogP) is 0.0207. The van der Waals surface area contributed by atoms with Crippen molar-refractivity contribution in [2.24, 2.45) is 5.73 Å². The average Bonchev–Trinajstić information content (AvgIpc) is 2.58. The fraction of sp³-hybridized carbons (Fsp3) is 0.182. The Morgan fingerprint density at radius 3 is 2.72 bits per heavy atom. The largest absolute Gasteiger partial charge is 0.508 e. The molecule has 0 fully saturated rings. The van der Waals surface area contributed by atoms with Crippen LogP contribution in [0.2, 0.25) is 0 Å². The third kappa shape index (κ3) is 1.77. The maximum absolute atomic E-state index is 12.1. The number of phenols is 1. The molecule has 3 N–H and O–H groups in total. The summed E-state index contributed by atoms with van der Waals surface area (Å²) in [6.07, 6.45) is 1.27. The highest BCUT2D eigenvalue weighted by atomic mass is 32.2. The molecule has 7 heteroatoms. The number of esters is 1. The Kier molecular flexibility index (Phi) is 2.88. The van der Waals surface area contributed by atoms with E-state index in [9.17, 15) is 18.3 Å². The SMILES string of the molecule is COC(=O)C(N)C1=Cc2cc(O)ccc2S1(=O)=O. The molecular formula is C11H11NO5S. The van der Waals surface area contributed by atoms with Crippen LogP contribution in [0.4, 0.5) is 0 Å². The lowest BCUT2D eigenvalue weighted by Crippen LogP contribution is -2.35. The summed E-state index contributed by atoms with van der Waals surface area (Å²) in [5.74, 6) is -0.894. The average molecular weight is 269 g/mol. The monoisotopic (exact) mass is 269 g/mol. The molecule has 1 heterocycles. The fourth-order valence-electron chi connectivity index (χ4n) is 1.75. The van der Waals surface area contributed by atoms with E-state index in [0.29, 0.717) is 5.56 Å². The molecule has 1 unspecified atom stereocenters. The van der Waals surface area contributed by atoms with Gasteiger partial charge in [-0.2, -0.15) is 0 Å². The number of nitrogens with two attached hydrogens (primary N) is 1. The van der Waals surface area contributed by atoms with Crippen LogP contribution in [0.5, 0.6) is 5.75 Å². The van der Waals surface area contributed by atoms with Crippen molar-refractivity contribution in [2.75, 3.05) is 7.11 Å². The van der Waals surface area contributed by atoms with Crippen LogP contribution in [0, 0.1) is 0 Å². The summed E-state index contributed by atoms with van der Waals surface area (Å²) in [7, 11) is -2.67. The van der Waals surface area contributed by atoms with Crippen molar-refractivity contribution >= 4 is 21.9 Å². The van der Waals surface area contributed by atoms with Crippen LogP contribution in [0.1, 0.15) is 5.56 Å². The summed E-state index contributed by atoms with van der Waals surface area (Å²) >= 11 is 0. The first kappa shape index (κ1) is 12.6. The van der Waals surface area contributed by atoms with E-state index in [4.69, 9.17) is 5.73 Å². The van der Waals surface area contributed by atoms with Gasteiger partial charge in [0, 0.05) is 0 Å². The Bertz CT molecular complexity index is 647. The molecule has 0 aliphatic carbocycles. The first-order chi connectivity index (χ1) is 8.37. The molecule has 96 valence electrons. The maximum Gasteiger partial charge on any atom is 0.328 e. The second-order valence-electron chi connectivity index (χ2n) is 3.77. The molecule has 1 aromatic rings. The lowest BCUT2D eigenvalue weighted by atomic mass is 10.1. The predicted molar refractivity (Wildman–Crippen MR) is 63.3 cm³/mol. The summed E-state index contributed by atoms with van der Waals surface area (Å²) in [6, 6.07) is 2.46. The van der Waals surface area contributed by atoms with Crippen molar-refractivity contribution in [2.45, 2.75) is 10.9 Å². The highest BCUT2D eigenvalue weighted by molar-refractivity contribution is 7.96. The fourth-order valence-corrected chi connectivity index (χ4v) is 3.39. The number of methoxy groups -OCH3 is 1. The van der Waals surface area contributed by atoms with Gasteiger partial charge in [0.1, 0.15) is 11.8 Å². The molecule has 1 atom stereocenters. The van der Waals surface area contributed by atoms with E-state index in [1.807, 2.05) is 0 Å². The number of carbonyl (C=O) groups is 1. The first-order valence-electron chi connectivity index (χ1n) is 5.01. The molecule has 0 spiro atoms. The first-order valence-corrected chi connectivity index (χ1v) is 6.49. The minimum Gasteiger partial charge on any atom is -0.508 e. The molecule has 1 aliphatic heterocycles. The Morgan fingerprint density at radius 1 is 1.44 bits per heavy atom. The van der Waals surface area contributed by atoms with E-state index in [-0.39, 0.29) is 15.6 Å². The molecule has 1 aromatic carbocycles. The zero-order chi connectivity index (χ0) is 13.5. The Hall–Kier alpha value is -1.86. The van der Waals surface area contributed by atoms with Crippen LogP contribution in [-0.2, 0) is 19.4 Å². The molecule has 1 aliphatic rings. The van der Waals surface area contributed by atoms with Crippen molar-refractivity contribution in [3.05, 3.63) is 28.7 Å². The molecule has 0 amide bonds. The summed E-state index contributed by atoms with van der Waals surface area (Å²) in [4.78, 5) is 11.1. The van der Waals surface area contributed by atoms with Gasteiger partial charge in [0.25, 0.3) is 0 Å². The number of rotatable bonds is 2. The zero-order valence-electron chi connectivity index (χ0n) is 9.45. The van der Waals surface area contributed by atoms with E-state index in [2.05, 4.69) is 4.74 Å². The second-order valence-corrected chi connectivity index (χ2v) is 5.69. The van der Waals surface area contributed by atoms with Gasteiger partial charge in [0.05, 0.1) is 16.9 Å². The molecule has 18 heavy (non-hydrogen) atoms. The molecule has 0 radical (unpaired) electrons. The number of carbonyl (C=O) groups excluding carboxylic acids is 1. The van der Waals surface area contributed by atoms with Gasteiger partial charge in [-0.1, -0.05) is 0 Å². The smallest absolute Gasteiger partial charge is 0.328 e. The van der Waals surface area contributed by atoms with Gasteiger partial charge in [0.2, 0.25) is 9.84 Å². The van der Waals surface area contributed by atoms with Gasteiger partial charge in [-0.15, -0.1) is 0 Å². The molecule has 6 nitrogen and oxygen atoms in total. The van der Waals surface area contributed by atoms with Crippen LogP contribution in [0.15, 0.2) is 28.0 Å². The Balaban J connectivity index is 2.54. The number of hydrogen-bond donors (Lipinski definition) is 2. The standard InChI is InChI=1S/C11H11NO5S/c1-17-11(14)10(12)9-5-6-4-7(13)2-3-8(6)18(9,15)16/h2-5,10,13H,12H2,1H3. The van der Waals surface area contributed by atoms with Crippen LogP contribution in [0.3, 0.4) is 0 Å². The van der Waals surface area contributed by atoms with E-state index in [0.717, 1.165) is 7.11 Å². The quantitative estimate of drug-likeness (QED) is 0.733. The summed E-state index contributed by atoms with van der Waals surface area (Å²) in [6.45, 7) is 0. The van der Waals surface area contributed by atoms with E-state index < -0.39 is 21.8 Å². The number of phenolic OH excluding ortho intramolecular Hbond substituents is 1. The number of hydrogen-bond acceptors (Lipinski definition) is 6. The highest BCUT2D eigenvalue weighted by Crippen LogP contribution is 2.35. The van der Waals surface area contributed by atoms with E-state index in [1.54, 1.807) is 0 Å². The van der Waals surface area contributed by atoms with Crippen molar-refractivity contribution in [1.82, 2.24) is 0 Å². The second kappa shape index (κ2) is 4.11. The lowest BCUT2D eigenvalue weighted by molar-refractivity contribution is -0.141. The molecule has 0 saturated carbocycles. The maximum atomic E-state index is 12.1. The number of ether oxygens (including phenoxy) is 1. The highest BCUT2D eigenvalue weighted by Gasteiger charge is 2.36. The Morgan fingerprint density at radius 2 is 2.11 bits per heavy atom. The van der Waals surface area contributed by atoms with Crippen LogP contribution < -0.4 is 5.73 Å². The van der Waals surface area contributed by atoms with Crippen molar-refractivity contribution < 1.29 is 23.1 Å². The lowest BCUT2D eigenvalue weighted by Gasteiger charge is -2.10. The number of benzene rings is 1. The zero-order valence-corrected chi connectivity index (χ0v) is 10.3. The van der Waals surface area contributed by atoms with Gasteiger partial charge < -0.3 is 15.6 Å². The van der Waals surface area contributed by atoms with Gasteiger partial charge in [-0.3, -0.25) is 0 Å². The van der Waals surface area contributed by atoms with Crippen LogP contribution in [-0.4, -0.2) is 32.6 Å². The van der Waals surface area contributed by atoms with Gasteiger partial charge in [0.15, 0.2) is 0 Å². The summed E-state index contributed by atoms with van der Waals surface area (Å²) < 4.78 is 28.7. The molecule has 0 aromatic heterocycles. The summed E-state index contributed by atoms with van der Waals surface area (Å²) in [5.41, 5.74) is 5.85. The third-order valence-corrected chi connectivity index (χ3v) is 4.60. The van der Waals surface area contributed by atoms with Crippen molar-refractivity contribution in [1.29, 1.82) is 0 Å².